The average molecular weight is 251 g/mol. The Labute approximate surface area is 110 Å². The van der Waals surface area contributed by atoms with Crippen LogP contribution in [0.25, 0.3) is 0 Å². The number of nitrogens with zero attached hydrogens (tertiary/aromatic N) is 2. The van der Waals surface area contributed by atoms with Crippen LogP contribution >= 0.6 is 0 Å². The second kappa shape index (κ2) is 6.34. The maximum atomic E-state index is 5.40. The topological polar surface area (TPSA) is 39.1 Å². The molecular formula is C14H25N3O. The predicted molar refractivity (Wildman–Crippen MR) is 72.5 cm³/mol. The first-order valence-corrected chi connectivity index (χ1v) is 7.00. The molecule has 1 N–H and O–H groups in total. The Balaban J connectivity index is 1.81. The molecule has 1 fully saturated rings. The van der Waals surface area contributed by atoms with E-state index in [0.29, 0.717) is 12.1 Å². The van der Waals surface area contributed by atoms with Crippen LogP contribution < -0.4 is 5.32 Å². The van der Waals surface area contributed by atoms with Crippen LogP contribution in [0.4, 0.5) is 0 Å². The fourth-order valence-electron chi connectivity index (χ4n) is 2.79. The van der Waals surface area contributed by atoms with Crippen molar-refractivity contribution in [1.29, 1.82) is 0 Å². The molecule has 4 nitrogen and oxygen atoms in total. The molecule has 1 saturated carbocycles. The Morgan fingerprint density at radius 3 is 2.72 bits per heavy atom. The van der Waals surface area contributed by atoms with E-state index in [2.05, 4.69) is 23.5 Å². The van der Waals surface area contributed by atoms with Crippen molar-refractivity contribution >= 4 is 0 Å². The molecule has 0 radical (unpaired) electrons. The summed E-state index contributed by atoms with van der Waals surface area (Å²) in [5.41, 5.74) is 2.56. The Hall–Kier alpha value is -0.870. The molecule has 2 rings (SSSR count). The molecule has 1 aromatic rings. The minimum atomic E-state index is 0.479. The second-order valence-electron chi connectivity index (χ2n) is 5.22. The van der Waals surface area contributed by atoms with Gasteiger partial charge in [-0.3, -0.25) is 4.68 Å². The van der Waals surface area contributed by atoms with E-state index in [0.717, 1.165) is 13.0 Å². The van der Waals surface area contributed by atoms with E-state index in [1.54, 1.807) is 0 Å². The van der Waals surface area contributed by atoms with E-state index in [1.165, 1.54) is 36.9 Å². The summed E-state index contributed by atoms with van der Waals surface area (Å²) in [4.78, 5) is 0. The minimum absolute atomic E-state index is 0.479. The number of aryl methyl sites for hydroxylation is 2. The van der Waals surface area contributed by atoms with Gasteiger partial charge < -0.3 is 10.1 Å². The number of aromatic nitrogens is 2. The van der Waals surface area contributed by atoms with Gasteiger partial charge in [0.2, 0.25) is 0 Å². The van der Waals surface area contributed by atoms with E-state index < -0.39 is 0 Å². The highest BCUT2D eigenvalue weighted by atomic mass is 16.5. The summed E-state index contributed by atoms with van der Waals surface area (Å²) in [7, 11) is 3.81. The van der Waals surface area contributed by atoms with Crippen LogP contribution in [0.15, 0.2) is 6.20 Å². The molecule has 0 saturated heterocycles. The smallest absolute Gasteiger partial charge is 0.0666 e. The van der Waals surface area contributed by atoms with Gasteiger partial charge in [-0.1, -0.05) is 6.92 Å². The first-order valence-electron chi connectivity index (χ1n) is 7.00. The largest absolute Gasteiger partial charge is 0.381 e. The number of methoxy groups -OCH3 is 1. The van der Waals surface area contributed by atoms with Gasteiger partial charge in [-0.15, -0.1) is 0 Å². The second-order valence-corrected chi connectivity index (χ2v) is 5.22. The van der Waals surface area contributed by atoms with Gasteiger partial charge in [0.15, 0.2) is 0 Å². The van der Waals surface area contributed by atoms with Crippen LogP contribution in [0.3, 0.4) is 0 Å². The average Bonchev–Trinajstić information content (AvgIpc) is 2.77. The van der Waals surface area contributed by atoms with E-state index >= 15 is 0 Å². The summed E-state index contributed by atoms with van der Waals surface area (Å²) in [5.74, 6) is 0. The molecule has 0 spiro atoms. The molecule has 18 heavy (non-hydrogen) atoms. The summed E-state index contributed by atoms with van der Waals surface area (Å²) in [6.45, 7) is 3.11. The highest BCUT2D eigenvalue weighted by Gasteiger charge is 2.20. The lowest BCUT2D eigenvalue weighted by atomic mass is 9.93. The highest BCUT2D eigenvalue weighted by Crippen LogP contribution is 2.21. The van der Waals surface area contributed by atoms with Gasteiger partial charge in [-0.05, 0) is 32.1 Å². The first kappa shape index (κ1) is 13.6. The zero-order chi connectivity index (χ0) is 13.0. The van der Waals surface area contributed by atoms with Crippen molar-refractivity contribution in [2.24, 2.45) is 7.05 Å². The summed E-state index contributed by atoms with van der Waals surface area (Å²) in [6.07, 6.45) is 8.43. The Bertz CT molecular complexity index is 367. The molecule has 0 atom stereocenters. The lowest BCUT2D eigenvalue weighted by Gasteiger charge is -2.28. The number of rotatable bonds is 5. The van der Waals surface area contributed by atoms with Crippen LogP contribution in [-0.4, -0.2) is 29.0 Å². The zero-order valence-electron chi connectivity index (χ0n) is 11.8. The van der Waals surface area contributed by atoms with Crippen molar-refractivity contribution in [3.8, 4) is 0 Å². The maximum Gasteiger partial charge on any atom is 0.0666 e. The number of hydrogen-bond acceptors (Lipinski definition) is 3. The van der Waals surface area contributed by atoms with Crippen molar-refractivity contribution < 1.29 is 4.74 Å². The fourth-order valence-corrected chi connectivity index (χ4v) is 2.79. The van der Waals surface area contributed by atoms with Crippen LogP contribution in [-0.2, 0) is 24.8 Å². The molecule has 102 valence electrons. The Morgan fingerprint density at radius 2 is 2.11 bits per heavy atom. The number of hydrogen-bond donors (Lipinski definition) is 1. The quantitative estimate of drug-likeness (QED) is 0.870. The third-order valence-electron chi connectivity index (χ3n) is 3.92. The van der Waals surface area contributed by atoms with Gasteiger partial charge in [0, 0.05) is 38.5 Å². The molecule has 1 aromatic heterocycles. The molecule has 4 heteroatoms. The Kier molecular flexibility index (Phi) is 4.78. The molecule has 0 aliphatic heterocycles. The van der Waals surface area contributed by atoms with Crippen molar-refractivity contribution in [3.05, 3.63) is 17.5 Å². The molecular weight excluding hydrogens is 226 g/mol. The minimum Gasteiger partial charge on any atom is -0.381 e. The van der Waals surface area contributed by atoms with E-state index in [9.17, 15) is 0 Å². The Morgan fingerprint density at radius 1 is 1.39 bits per heavy atom. The number of nitrogens with one attached hydrogen (secondary N) is 1. The van der Waals surface area contributed by atoms with Crippen molar-refractivity contribution in [1.82, 2.24) is 15.1 Å². The van der Waals surface area contributed by atoms with E-state index in [4.69, 9.17) is 4.74 Å². The summed E-state index contributed by atoms with van der Waals surface area (Å²) < 4.78 is 7.32. The van der Waals surface area contributed by atoms with Crippen molar-refractivity contribution in [3.63, 3.8) is 0 Å². The summed E-state index contributed by atoms with van der Waals surface area (Å²) >= 11 is 0. The third-order valence-corrected chi connectivity index (χ3v) is 3.92. The normalized spacial score (nSPS) is 24.4. The molecule has 1 aliphatic carbocycles. The molecule has 1 aliphatic rings. The lowest BCUT2D eigenvalue weighted by molar-refractivity contribution is 0.0624. The van der Waals surface area contributed by atoms with Crippen LogP contribution in [0, 0.1) is 0 Å². The van der Waals surface area contributed by atoms with Gasteiger partial charge >= 0.3 is 0 Å². The van der Waals surface area contributed by atoms with Crippen LogP contribution in [0.1, 0.15) is 43.9 Å². The molecule has 0 bridgehead atoms. The SMILES string of the molecule is CCc1nn(C)cc1CNC1CCC(OC)CC1. The van der Waals surface area contributed by atoms with Gasteiger partial charge in [0.25, 0.3) is 0 Å². The lowest BCUT2D eigenvalue weighted by Crippen LogP contribution is -2.34. The maximum absolute atomic E-state index is 5.40. The first-order chi connectivity index (χ1) is 8.72. The van der Waals surface area contributed by atoms with Gasteiger partial charge in [0.05, 0.1) is 11.8 Å². The standard InChI is InChI=1S/C14H25N3O/c1-4-14-11(10-17(2)16-14)9-15-12-5-7-13(18-3)8-6-12/h10,12-13,15H,4-9H2,1-3H3. The fraction of sp³-hybridized carbons (Fsp3) is 0.786. The molecule has 0 unspecified atom stereocenters. The van der Waals surface area contributed by atoms with Crippen LogP contribution in [0.5, 0.6) is 0 Å². The molecule has 0 amide bonds. The highest BCUT2D eigenvalue weighted by molar-refractivity contribution is 5.16. The van der Waals surface area contributed by atoms with Crippen molar-refractivity contribution in [2.45, 2.75) is 57.7 Å². The number of ether oxygens (including phenoxy) is 1. The van der Waals surface area contributed by atoms with Crippen LogP contribution in [0.2, 0.25) is 0 Å². The summed E-state index contributed by atoms with van der Waals surface area (Å²) in [6, 6.07) is 0.640. The molecule has 1 heterocycles. The monoisotopic (exact) mass is 251 g/mol. The third kappa shape index (κ3) is 3.33. The van der Waals surface area contributed by atoms with E-state index in [-0.39, 0.29) is 0 Å². The van der Waals surface area contributed by atoms with Crippen molar-refractivity contribution in [2.75, 3.05) is 7.11 Å². The van der Waals surface area contributed by atoms with E-state index in [1.807, 2.05) is 18.8 Å². The zero-order valence-corrected chi connectivity index (χ0v) is 11.8. The van der Waals surface area contributed by atoms with Gasteiger partial charge in [-0.2, -0.15) is 5.10 Å². The summed E-state index contributed by atoms with van der Waals surface area (Å²) in [5, 5.41) is 8.14. The van der Waals surface area contributed by atoms with Gasteiger partial charge in [0.1, 0.15) is 0 Å². The molecule has 0 aromatic carbocycles. The van der Waals surface area contributed by atoms with Gasteiger partial charge in [-0.25, -0.2) is 0 Å². The predicted octanol–water partition coefficient (Wildman–Crippen LogP) is 2.03.